The summed E-state index contributed by atoms with van der Waals surface area (Å²) in [6.45, 7) is 10.6. The predicted octanol–water partition coefficient (Wildman–Crippen LogP) is 7.38. The molecule has 0 radical (unpaired) electrons. The Morgan fingerprint density at radius 3 is 2.65 bits per heavy atom. The van der Waals surface area contributed by atoms with E-state index < -0.39 is 5.60 Å². The third-order valence-corrected chi connectivity index (χ3v) is 6.26. The molecule has 6 heteroatoms. The van der Waals surface area contributed by atoms with Gasteiger partial charge in [-0.2, -0.15) is 0 Å². The summed E-state index contributed by atoms with van der Waals surface area (Å²) in [6, 6.07) is 16.9. The van der Waals surface area contributed by atoms with Crippen LogP contribution in [0.15, 0.2) is 72.4 Å². The minimum Gasteiger partial charge on any atom is -0.488 e. The molecule has 1 aliphatic rings. The highest BCUT2D eigenvalue weighted by Crippen LogP contribution is 2.40. The Kier molecular flexibility index (Phi) is 8.09. The van der Waals surface area contributed by atoms with E-state index in [1.54, 1.807) is 12.1 Å². The molecule has 0 saturated carbocycles. The minimum absolute atomic E-state index is 0.156. The van der Waals surface area contributed by atoms with Crippen LogP contribution in [0.3, 0.4) is 0 Å². The second-order valence-electron chi connectivity index (χ2n) is 9.64. The Morgan fingerprint density at radius 1 is 1.08 bits per heavy atom. The lowest BCUT2D eigenvalue weighted by atomic mass is 9.99. The van der Waals surface area contributed by atoms with Gasteiger partial charge in [-0.15, -0.1) is 4.91 Å². The summed E-state index contributed by atoms with van der Waals surface area (Å²) >= 11 is 0. The molecule has 3 aromatic carbocycles. The van der Waals surface area contributed by atoms with Crippen molar-refractivity contribution < 1.29 is 19.3 Å². The van der Waals surface area contributed by atoms with E-state index in [2.05, 4.69) is 24.7 Å². The largest absolute Gasteiger partial charge is 0.488 e. The van der Waals surface area contributed by atoms with Crippen molar-refractivity contribution in [3.63, 3.8) is 0 Å². The van der Waals surface area contributed by atoms with Crippen molar-refractivity contribution in [1.29, 1.82) is 0 Å². The number of hydrogen-bond donors (Lipinski definition) is 1. The average molecular weight is 500 g/mol. The Labute approximate surface area is 218 Å². The van der Waals surface area contributed by atoms with Crippen LogP contribution in [0, 0.1) is 4.91 Å². The van der Waals surface area contributed by atoms with Crippen LogP contribution in [0.1, 0.15) is 55.0 Å². The first-order chi connectivity index (χ1) is 17.8. The molecular formula is C31H33NO5. The number of nitrogens with zero attached hydrogens (tertiary/aromatic N) is 1. The van der Waals surface area contributed by atoms with Crippen LogP contribution in [0.25, 0.3) is 11.6 Å². The first-order valence-electron chi connectivity index (χ1n) is 12.5. The molecule has 0 unspecified atom stereocenters. The van der Waals surface area contributed by atoms with Gasteiger partial charge in [0.25, 0.3) is 0 Å². The van der Waals surface area contributed by atoms with Crippen LogP contribution < -0.4 is 14.2 Å². The standard InChI is InChI=1S/C31H33NO5/c1-5-8-22-11-13-25(29(17-22)35-20-24-9-6-7-10-27(24)32-34)21(2)19-36-30-23(18-33)12-14-28-26(30)15-16-31(3,4)37-28/h6-7,9-17,33H,2,5,8,18-20H2,1,3-4H3. The van der Waals surface area contributed by atoms with Gasteiger partial charge in [0.1, 0.15) is 41.8 Å². The van der Waals surface area contributed by atoms with Crippen molar-refractivity contribution in [3.05, 3.63) is 100.0 Å². The molecule has 1 N–H and O–H groups in total. The van der Waals surface area contributed by atoms with Gasteiger partial charge < -0.3 is 19.3 Å². The second-order valence-corrected chi connectivity index (χ2v) is 9.64. The van der Waals surface area contributed by atoms with Crippen LogP contribution in [0.2, 0.25) is 0 Å². The first kappa shape index (κ1) is 26.2. The van der Waals surface area contributed by atoms with E-state index in [4.69, 9.17) is 14.2 Å². The third kappa shape index (κ3) is 6.09. The molecular weight excluding hydrogens is 466 g/mol. The molecule has 0 fully saturated rings. The Bertz CT molecular complexity index is 1330. The van der Waals surface area contributed by atoms with Crippen molar-refractivity contribution in [1.82, 2.24) is 0 Å². The van der Waals surface area contributed by atoms with Gasteiger partial charge in [0.05, 0.1) is 12.2 Å². The summed E-state index contributed by atoms with van der Waals surface area (Å²) in [5.74, 6) is 1.95. The molecule has 0 aliphatic carbocycles. The zero-order chi connectivity index (χ0) is 26.4. The number of aliphatic hydroxyl groups excluding tert-OH is 1. The molecule has 1 aliphatic heterocycles. The summed E-state index contributed by atoms with van der Waals surface area (Å²) in [5.41, 5.74) is 4.82. The molecule has 37 heavy (non-hydrogen) atoms. The molecule has 4 rings (SSSR count). The molecule has 3 aromatic rings. The van der Waals surface area contributed by atoms with Gasteiger partial charge in [-0.3, -0.25) is 0 Å². The van der Waals surface area contributed by atoms with Crippen LogP contribution in [0.4, 0.5) is 5.69 Å². The number of aliphatic hydroxyl groups is 1. The highest BCUT2D eigenvalue weighted by atomic mass is 16.5. The van der Waals surface area contributed by atoms with Crippen molar-refractivity contribution >= 4 is 17.3 Å². The molecule has 0 atom stereocenters. The Hall–Kier alpha value is -3.90. The molecule has 192 valence electrons. The van der Waals surface area contributed by atoms with E-state index in [0.717, 1.165) is 35.1 Å². The van der Waals surface area contributed by atoms with Crippen molar-refractivity contribution in [2.45, 2.75) is 52.4 Å². The number of rotatable bonds is 11. The number of fused-ring (bicyclic) bond motifs is 1. The van der Waals surface area contributed by atoms with Crippen molar-refractivity contribution in [2.75, 3.05) is 6.61 Å². The smallest absolute Gasteiger partial charge is 0.136 e. The fourth-order valence-corrected chi connectivity index (χ4v) is 4.31. The van der Waals surface area contributed by atoms with Gasteiger partial charge in [-0.25, -0.2) is 0 Å². The molecule has 0 bridgehead atoms. The van der Waals surface area contributed by atoms with Gasteiger partial charge in [-0.1, -0.05) is 50.3 Å². The molecule has 0 saturated heterocycles. The molecule has 0 amide bonds. The zero-order valence-corrected chi connectivity index (χ0v) is 21.6. The molecule has 0 aromatic heterocycles. The normalized spacial score (nSPS) is 13.4. The summed E-state index contributed by atoms with van der Waals surface area (Å²) in [4.78, 5) is 11.2. The lowest BCUT2D eigenvalue weighted by molar-refractivity contribution is 0.157. The monoisotopic (exact) mass is 499 g/mol. The summed E-state index contributed by atoms with van der Waals surface area (Å²) < 4.78 is 18.5. The summed E-state index contributed by atoms with van der Waals surface area (Å²) in [5, 5.41) is 13.0. The van der Waals surface area contributed by atoms with Gasteiger partial charge in [-0.05, 0) is 73.0 Å². The van der Waals surface area contributed by atoms with Crippen LogP contribution >= 0.6 is 0 Å². The Balaban J connectivity index is 1.58. The lowest BCUT2D eigenvalue weighted by Gasteiger charge is -2.29. The quantitative estimate of drug-likeness (QED) is 0.278. The highest BCUT2D eigenvalue weighted by Gasteiger charge is 2.25. The first-order valence-corrected chi connectivity index (χ1v) is 12.5. The number of nitroso groups, excluding NO2 is 1. The van der Waals surface area contributed by atoms with Gasteiger partial charge in [0.2, 0.25) is 0 Å². The number of benzene rings is 3. The maximum Gasteiger partial charge on any atom is 0.136 e. The van der Waals surface area contributed by atoms with E-state index in [1.807, 2.05) is 62.4 Å². The fraction of sp³-hybridized carbons (Fsp3) is 0.290. The number of aryl methyl sites for hydroxylation is 1. The second kappa shape index (κ2) is 11.4. The summed E-state index contributed by atoms with van der Waals surface area (Å²) in [6.07, 6.45) is 5.88. The fourth-order valence-electron chi connectivity index (χ4n) is 4.31. The van der Waals surface area contributed by atoms with E-state index in [1.165, 1.54) is 0 Å². The molecule has 6 nitrogen and oxygen atoms in total. The Morgan fingerprint density at radius 2 is 1.89 bits per heavy atom. The topological polar surface area (TPSA) is 77.3 Å². The number of ether oxygens (including phenoxy) is 3. The maximum absolute atomic E-state index is 11.2. The predicted molar refractivity (Wildman–Crippen MR) is 147 cm³/mol. The van der Waals surface area contributed by atoms with E-state index in [0.29, 0.717) is 34.1 Å². The third-order valence-electron chi connectivity index (χ3n) is 6.26. The molecule has 0 spiro atoms. The van der Waals surface area contributed by atoms with E-state index >= 15 is 0 Å². The van der Waals surface area contributed by atoms with Gasteiger partial charge in [0.15, 0.2) is 0 Å². The maximum atomic E-state index is 11.2. The lowest BCUT2D eigenvalue weighted by Crippen LogP contribution is -2.27. The average Bonchev–Trinajstić information content (AvgIpc) is 2.90. The van der Waals surface area contributed by atoms with E-state index in [9.17, 15) is 10.0 Å². The van der Waals surface area contributed by atoms with Crippen molar-refractivity contribution in [2.24, 2.45) is 5.18 Å². The van der Waals surface area contributed by atoms with E-state index in [-0.39, 0.29) is 19.8 Å². The van der Waals surface area contributed by atoms with Crippen LogP contribution in [-0.2, 0) is 19.6 Å². The molecule has 1 heterocycles. The SMILES string of the molecule is C=C(COc1c(CO)ccc2c1C=CC(C)(C)O2)c1ccc(CCC)cc1OCc1ccccc1N=O. The minimum atomic E-state index is -0.418. The van der Waals surface area contributed by atoms with Crippen LogP contribution in [-0.4, -0.2) is 17.3 Å². The van der Waals surface area contributed by atoms with Crippen LogP contribution in [0.5, 0.6) is 17.2 Å². The summed E-state index contributed by atoms with van der Waals surface area (Å²) in [7, 11) is 0. The van der Waals surface area contributed by atoms with Gasteiger partial charge >= 0.3 is 0 Å². The highest BCUT2D eigenvalue weighted by molar-refractivity contribution is 5.72. The zero-order valence-electron chi connectivity index (χ0n) is 21.6. The van der Waals surface area contributed by atoms with Crippen molar-refractivity contribution in [3.8, 4) is 17.2 Å². The van der Waals surface area contributed by atoms with Gasteiger partial charge in [0, 0.05) is 16.7 Å². The number of hydrogen-bond acceptors (Lipinski definition) is 6.